The van der Waals surface area contributed by atoms with E-state index < -0.39 is 17.5 Å². The summed E-state index contributed by atoms with van der Waals surface area (Å²) in [5.41, 5.74) is -1.19. The number of nitrogens with one attached hydrogen (secondary N) is 2. The Morgan fingerprint density at radius 2 is 2.11 bits per heavy atom. The maximum Gasteiger partial charge on any atom is 0.329 e. The Morgan fingerprint density at radius 3 is 2.63 bits per heavy atom. The Kier molecular flexibility index (Phi) is 3.93. The standard InChI is InChI=1S/C10H15N5O3S/c1-6-2-4-10(5-3-6,7(16)17)12-8(18)11-9-13-14-15-19-9/h6H,2-5H2,1H3,(H,16,17)(H2,11,12,13,15,18). The molecule has 0 saturated heterocycles. The number of hydrogen-bond donors (Lipinski definition) is 3. The van der Waals surface area contributed by atoms with E-state index in [4.69, 9.17) is 0 Å². The highest BCUT2D eigenvalue weighted by molar-refractivity contribution is 7.09. The van der Waals surface area contributed by atoms with E-state index >= 15 is 0 Å². The quantitative estimate of drug-likeness (QED) is 0.765. The van der Waals surface area contributed by atoms with E-state index in [-0.39, 0.29) is 5.13 Å². The molecule has 0 radical (unpaired) electrons. The molecule has 1 saturated carbocycles. The van der Waals surface area contributed by atoms with Crippen LogP contribution in [-0.4, -0.2) is 37.4 Å². The minimum Gasteiger partial charge on any atom is -0.480 e. The van der Waals surface area contributed by atoms with Crippen molar-refractivity contribution in [3.05, 3.63) is 0 Å². The summed E-state index contributed by atoms with van der Waals surface area (Å²) in [6.45, 7) is 2.08. The molecule has 0 aromatic carbocycles. The number of aliphatic carboxylic acids is 1. The van der Waals surface area contributed by atoms with Gasteiger partial charge in [-0.1, -0.05) is 16.5 Å². The van der Waals surface area contributed by atoms with Crippen molar-refractivity contribution >= 4 is 28.7 Å². The molecule has 1 aliphatic carbocycles. The predicted molar refractivity (Wildman–Crippen MR) is 67.9 cm³/mol. The van der Waals surface area contributed by atoms with Crippen LogP contribution >= 0.6 is 11.5 Å². The van der Waals surface area contributed by atoms with Crippen LogP contribution in [0.15, 0.2) is 0 Å². The summed E-state index contributed by atoms with van der Waals surface area (Å²) in [4.78, 5) is 23.2. The van der Waals surface area contributed by atoms with Gasteiger partial charge in [0, 0.05) is 11.5 Å². The molecule has 9 heteroatoms. The summed E-state index contributed by atoms with van der Waals surface area (Å²) in [6.07, 6.45) is 2.44. The first-order chi connectivity index (χ1) is 9.02. The highest BCUT2D eigenvalue weighted by Gasteiger charge is 2.42. The first-order valence-corrected chi connectivity index (χ1v) is 6.77. The van der Waals surface area contributed by atoms with Crippen molar-refractivity contribution < 1.29 is 14.7 Å². The molecule has 3 N–H and O–H groups in total. The third-order valence-electron chi connectivity index (χ3n) is 3.41. The lowest BCUT2D eigenvalue weighted by molar-refractivity contribution is -0.146. The van der Waals surface area contributed by atoms with Crippen molar-refractivity contribution in [1.82, 2.24) is 20.1 Å². The van der Waals surface area contributed by atoms with Gasteiger partial charge in [0.2, 0.25) is 5.13 Å². The molecular formula is C10H15N5O3S. The molecule has 2 amide bonds. The second-order valence-corrected chi connectivity index (χ2v) is 5.55. The van der Waals surface area contributed by atoms with Crippen molar-refractivity contribution in [2.45, 2.75) is 38.1 Å². The van der Waals surface area contributed by atoms with Crippen LogP contribution < -0.4 is 10.6 Å². The van der Waals surface area contributed by atoms with Crippen LogP contribution in [0.2, 0.25) is 0 Å². The largest absolute Gasteiger partial charge is 0.480 e. The van der Waals surface area contributed by atoms with Crippen LogP contribution in [0.4, 0.5) is 9.93 Å². The lowest BCUT2D eigenvalue weighted by atomic mass is 9.77. The minimum atomic E-state index is -1.19. The van der Waals surface area contributed by atoms with Gasteiger partial charge in [-0.05, 0) is 36.8 Å². The maximum atomic E-state index is 11.8. The lowest BCUT2D eigenvalue weighted by Crippen LogP contribution is -2.57. The van der Waals surface area contributed by atoms with Gasteiger partial charge in [-0.25, -0.2) is 9.59 Å². The number of carboxylic acids is 1. The summed E-state index contributed by atoms with van der Waals surface area (Å²) in [6, 6.07) is -0.587. The Hall–Kier alpha value is -1.77. The topological polar surface area (TPSA) is 117 Å². The van der Waals surface area contributed by atoms with Gasteiger partial charge in [0.25, 0.3) is 0 Å². The summed E-state index contributed by atoms with van der Waals surface area (Å²) < 4.78 is 3.51. The van der Waals surface area contributed by atoms with Gasteiger partial charge in [0.15, 0.2) is 0 Å². The fourth-order valence-electron chi connectivity index (χ4n) is 2.17. The van der Waals surface area contributed by atoms with E-state index in [1.54, 1.807) is 0 Å². The number of rotatable bonds is 3. The van der Waals surface area contributed by atoms with Crippen molar-refractivity contribution in [3.63, 3.8) is 0 Å². The highest BCUT2D eigenvalue weighted by Crippen LogP contribution is 2.32. The van der Waals surface area contributed by atoms with Crippen molar-refractivity contribution in [2.24, 2.45) is 5.92 Å². The van der Waals surface area contributed by atoms with E-state index in [0.29, 0.717) is 18.8 Å². The fourth-order valence-corrected chi connectivity index (χ4v) is 2.54. The van der Waals surface area contributed by atoms with Gasteiger partial charge >= 0.3 is 12.0 Å². The molecule has 1 aromatic heterocycles. The second-order valence-electron chi connectivity index (χ2n) is 4.82. The third kappa shape index (κ3) is 3.16. The van der Waals surface area contributed by atoms with Gasteiger partial charge < -0.3 is 10.4 Å². The molecule has 104 valence electrons. The Morgan fingerprint density at radius 1 is 1.42 bits per heavy atom. The monoisotopic (exact) mass is 285 g/mol. The minimum absolute atomic E-state index is 0.238. The molecule has 0 unspecified atom stereocenters. The van der Waals surface area contributed by atoms with Crippen LogP contribution in [0.25, 0.3) is 0 Å². The average Bonchev–Trinajstić information content (AvgIpc) is 2.84. The van der Waals surface area contributed by atoms with Crippen LogP contribution in [0.5, 0.6) is 0 Å². The Balaban J connectivity index is 2.01. The van der Waals surface area contributed by atoms with Crippen molar-refractivity contribution in [1.29, 1.82) is 0 Å². The first-order valence-electron chi connectivity index (χ1n) is 5.99. The summed E-state index contributed by atoms with van der Waals surface area (Å²) in [5.74, 6) is -0.505. The van der Waals surface area contributed by atoms with Gasteiger partial charge in [-0.15, -0.1) is 0 Å². The number of hydrogen-bond acceptors (Lipinski definition) is 6. The van der Waals surface area contributed by atoms with Gasteiger partial charge in [0.05, 0.1) is 0 Å². The van der Waals surface area contributed by atoms with Gasteiger partial charge in [0.1, 0.15) is 5.54 Å². The fraction of sp³-hybridized carbons (Fsp3) is 0.700. The number of aromatic nitrogens is 3. The van der Waals surface area contributed by atoms with Gasteiger partial charge in [-0.2, -0.15) is 0 Å². The number of carboxylic acid groups (broad SMARTS) is 1. The number of carbonyl (C=O) groups excluding carboxylic acids is 1. The Labute approximate surface area is 113 Å². The molecule has 1 aromatic rings. The molecule has 0 spiro atoms. The summed E-state index contributed by atoms with van der Waals surface area (Å²) in [5, 5.41) is 21.5. The van der Waals surface area contributed by atoms with Crippen molar-refractivity contribution in [3.8, 4) is 0 Å². The van der Waals surface area contributed by atoms with Crippen LogP contribution in [0.1, 0.15) is 32.6 Å². The first kappa shape index (κ1) is 13.7. The molecule has 1 fully saturated rings. The van der Waals surface area contributed by atoms with Crippen LogP contribution in [0.3, 0.4) is 0 Å². The molecule has 1 aliphatic rings. The van der Waals surface area contributed by atoms with E-state index in [1.807, 2.05) is 0 Å². The van der Waals surface area contributed by atoms with E-state index in [1.165, 1.54) is 0 Å². The predicted octanol–water partition coefficient (Wildman–Crippen LogP) is 1.09. The SMILES string of the molecule is CC1CCC(NC(=O)Nc2nnns2)(C(=O)O)CC1. The van der Waals surface area contributed by atoms with Gasteiger partial charge in [-0.3, -0.25) is 5.32 Å². The zero-order valence-electron chi connectivity index (χ0n) is 10.4. The molecule has 19 heavy (non-hydrogen) atoms. The molecular weight excluding hydrogens is 270 g/mol. The number of amides is 2. The van der Waals surface area contributed by atoms with Crippen LogP contribution in [-0.2, 0) is 4.79 Å². The molecule has 0 atom stereocenters. The zero-order valence-corrected chi connectivity index (χ0v) is 11.2. The number of anilines is 1. The molecule has 2 rings (SSSR count). The number of nitrogens with zero attached hydrogens (tertiary/aromatic N) is 3. The number of urea groups is 1. The van der Waals surface area contributed by atoms with E-state index in [9.17, 15) is 14.7 Å². The molecule has 0 bridgehead atoms. The maximum absolute atomic E-state index is 11.8. The molecule has 0 aliphatic heterocycles. The van der Waals surface area contributed by atoms with E-state index in [2.05, 4.69) is 32.4 Å². The summed E-state index contributed by atoms with van der Waals surface area (Å²) in [7, 11) is 0. The lowest BCUT2D eigenvalue weighted by Gasteiger charge is -2.36. The average molecular weight is 285 g/mol. The Bertz CT molecular complexity index is 456. The van der Waals surface area contributed by atoms with Crippen LogP contribution in [0, 0.1) is 5.92 Å². The van der Waals surface area contributed by atoms with E-state index in [0.717, 1.165) is 24.4 Å². The van der Waals surface area contributed by atoms with Crippen molar-refractivity contribution in [2.75, 3.05) is 5.32 Å². The highest BCUT2D eigenvalue weighted by atomic mass is 32.1. The normalized spacial score (nSPS) is 26.7. The number of carbonyl (C=O) groups is 2. The third-order valence-corrected chi connectivity index (χ3v) is 3.92. The smallest absolute Gasteiger partial charge is 0.329 e. The second kappa shape index (κ2) is 5.47. The zero-order chi connectivity index (χ0) is 13.9. The summed E-state index contributed by atoms with van der Waals surface area (Å²) >= 11 is 0.929. The molecule has 1 heterocycles. The molecule has 8 nitrogen and oxygen atoms in total.